The second-order valence-electron chi connectivity index (χ2n) is 5.15. The molecule has 2 N–H and O–H groups in total. The molecule has 18 heavy (non-hydrogen) atoms. The Kier molecular flexibility index (Phi) is 2.94. The minimum atomic E-state index is -0.166. The normalized spacial score (nSPS) is 20.8. The maximum Gasteiger partial charge on any atom is 0.191 e. The van der Waals surface area contributed by atoms with E-state index in [-0.39, 0.29) is 11.2 Å². The van der Waals surface area contributed by atoms with Gasteiger partial charge in [-0.15, -0.1) is 0 Å². The van der Waals surface area contributed by atoms with Gasteiger partial charge in [-0.1, -0.05) is 12.1 Å². The molecule has 0 aromatic heterocycles. The van der Waals surface area contributed by atoms with E-state index < -0.39 is 0 Å². The summed E-state index contributed by atoms with van der Waals surface area (Å²) in [5.41, 5.74) is 1.42. The van der Waals surface area contributed by atoms with Crippen molar-refractivity contribution in [2.24, 2.45) is 4.99 Å². The third kappa shape index (κ3) is 2.33. The molecule has 3 nitrogen and oxygen atoms in total. The number of rotatable bonds is 3. The molecule has 2 aliphatic rings. The van der Waals surface area contributed by atoms with Gasteiger partial charge in [0.15, 0.2) is 5.96 Å². The second-order valence-corrected chi connectivity index (χ2v) is 5.15. The number of benzene rings is 1. The molecule has 0 spiro atoms. The molecule has 1 fully saturated rings. The molecule has 0 saturated heterocycles. The Labute approximate surface area is 106 Å². The topological polar surface area (TPSA) is 36.4 Å². The van der Waals surface area contributed by atoms with Crippen molar-refractivity contribution < 1.29 is 4.39 Å². The molecule has 0 unspecified atom stereocenters. The quantitative estimate of drug-likeness (QED) is 0.854. The molecule has 1 aromatic carbocycles. The predicted molar refractivity (Wildman–Crippen MR) is 70.2 cm³/mol. The van der Waals surface area contributed by atoms with Crippen LogP contribution in [0, 0.1) is 5.82 Å². The summed E-state index contributed by atoms with van der Waals surface area (Å²) in [6.07, 6.45) is 3.44. The molecule has 0 amide bonds. The van der Waals surface area contributed by atoms with E-state index in [1.165, 1.54) is 18.4 Å². The molecular formula is C14H18FN3. The van der Waals surface area contributed by atoms with Gasteiger partial charge < -0.3 is 10.6 Å². The zero-order valence-corrected chi connectivity index (χ0v) is 10.4. The van der Waals surface area contributed by atoms with Crippen LogP contribution in [0.25, 0.3) is 0 Å². The van der Waals surface area contributed by atoms with Gasteiger partial charge in [0.1, 0.15) is 5.82 Å². The molecule has 1 aliphatic carbocycles. The first-order valence-electron chi connectivity index (χ1n) is 6.57. The van der Waals surface area contributed by atoms with Crippen LogP contribution < -0.4 is 10.6 Å². The molecule has 3 rings (SSSR count). The third-order valence-electron chi connectivity index (χ3n) is 3.80. The maximum absolute atomic E-state index is 12.9. The van der Waals surface area contributed by atoms with Gasteiger partial charge in [-0.2, -0.15) is 0 Å². The predicted octanol–water partition coefficient (Wildman–Crippen LogP) is 1.80. The van der Waals surface area contributed by atoms with Crippen LogP contribution in [0.2, 0.25) is 0 Å². The van der Waals surface area contributed by atoms with Gasteiger partial charge in [0.25, 0.3) is 0 Å². The molecular weight excluding hydrogens is 229 g/mol. The number of aliphatic imine (C=N–C) groups is 1. The van der Waals surface area contributed by atoms with Crippen molar-refractivity contribution in [2.45, 2.75) is 24.7 Å². The second kappa shape index (κ2) is 4.59. The Balaban J connectivity index is 1.64. The van der Waals surface area contributed by atoms with Gasteiger partial charge in [0.05, 0.1) is 0 Å². The molecule has 1 aromatic rings. The lowest BCUT2D eigenvalue weighted by Gasteiger charge is -2.21. The fourth-order valence-corrected chi connectivity index (χ4v) is 2.43. The smallest absolute Gasteiger partial charge is 0.191 e. The van der Waals surface area contributed by atoms with E-state index in [2.05, 4.69) is 15.6 Å². The van der Waals surface area contributed by atoms with Gasteiger partial charge in [-0.3, -0.25) is 4.99 Å². The summed E-state index contributed by atoms with van der Waals surface area (Å²) in [4.78, 5) is 4.40. The number of nitrogens with zero attached hydrogens (tertiary/aromatic N) is 1. The van der Waals surface area contributed by atoms with Crippen LogP contribution in [0.15, 0.2) is 29.3 Å². The van der Waals surface area contributed by atoms with Crippen molar-refractivity contribution >= 4 is 5.96 Å². The van der Waals surface area contributed by atoms with Crippen molar-refractivity contribution in [2.75, 3.05) is 19.6 Å². The monoisotopic (exact) mass is 247 g/mol. The van der Waals surface area contributed by atoms with Crippen LogP contribution in [0.1, 0.15) is 24.8 Å². The number of halogens is 1. The Morgan fingerprint density at radius 2 is 2.06 bits per heavy atom. The highest BCUT2D eigenvalue weighted by molar-refractivity contribution is 5.80. The van der Waals surface area contributed by atoms with Crippen LogP contribution in [0.3, 0.4) is 0 Å². The number of nitrogens with one attached hydrogen (secondary N) is 2. The van der Waals surface area contributed by atoms with Gasteiger partial charge in [-0.25, -0.2) is 4.39 Å². The van der Waals surface area contributed by atoms with E-state index in [0.717, 1.165) is 32.0 Å². The molecule has 0 atom stereocenters. The highest BCUT2D eigenvalue weighted by atomic mass is 19.1. The summed E-state index contributed by atoms with van der Waals surface area (Å²) in [6.45, 7) is 2.78. The van der Waals surface area contributed by atoms with Crippen molar-refractivity contribution in [3.63, 3.8) is 0 Å². The van der Waals surface area contributed by atoms with Crippen LogP contribution in [0.5, 0.6) is 0 Å². The first-order chi connectivity index (χ1) is 8.78. The molecule has 0 bridgehead atoms. The van der Waals surface area contributed by atoms with E-state index >= 15 is 0 Å². The Hall–Kier alpha value is -1.58. The van der Waals surface area contributed by atoms with Crippen molar-refractivity contribution in [1.82, 2.24) is 10.6 Å². The van der Waals surface area contributed by atoms with E-state index in [1.807, 2.05) is 12.1 Å². The summed E-state index contributed by atoms with van der Waals surface area (Å²) < 4.78 is 12.9. The zero-order valence-electron chi connectivity index (χ0n) is 10.4. The van der Waals surface area contributed by atoms with Gasteiger partial charge in [0, 0.05) is 25.0 Å². The van der Waals surface area contributed by atoms with Gasteiger partial charge >= 0.3 is 0 Å². The summed E-state index contributed by atoms with van der Waals surface area (Å²) in [5.74, 6) is 0.746. The van der Waals surface area contributed by atoms with Gasteiger partial charge in [-0.05, 0) is 37.0 Å². The van der Waals surface area contributed by atoms with Crippen molar-refractivity contribution in [3.05, 3.63) is 35.6 Å². The van der Waals surface area contributed by atoms with E-state index in [9.17, 15) is 4.39 Å². The largest absolute Gasteiger partial charge is 0.356 e. The first-order valence-corrected chi connectivity index (χ1v) is 6.57. The highest BCUT2D eigenvalue weighted by Crippen LogP contribution is 2.47. The average molecular weight is 247 g/mol. The minimum Gasteiger partial charge on any atom is -0.356 e. The van der Waals surface area contributed by atoms with E-state index in [1.54, 1.807) is 12.1 Å². The average Bonchev–Trinajstić information content (AvgIpc) is 3.20. The van der Waals surface area contributed by atoms with Crippen LogP contribution in [-0.2, 0) is 5.41 Å². The SMILES string of the molecule is Fc1ccc(C2(CNC3=NCCCN3)CC2)cc1. The van der Waals surface area contributed by atoms with Crippen LogP contribution in [-0.4, -0.2) is 25.6 Å². The lowest BCUT2D eigenvalue weighted by molar-refractivity contribution is 0.613. The van der Waals surface area contributed by atoms with Crippen LogP contribution >= 0.6 is 0 Å². The first kappa shape index (κ1) is 11.5. The Bertz CT molecular complexity index is 449. The molecule has 0 radical (unpaired) electrons. The van der Waals surface area contributed by atoms with Crippen LogP contribution in [0.4, 0.5) is 4.39 Å². The van der Waals surface area contributed by atoms with Crippen molar-refractivity contribution in [1.29, 1.82) is 0 Å². The lowest BCUT2D eigenvalue weighted by atomic mass is 9.96. The Morgan fingerprint density at radius 1 is 1.28 bits per heavy atom. The standard InChI is InChI=1S/C14H18FN3/c15-12-4-2-11(3-5-12)14(6-7-14)10-18-13-16-8-1-9-17-13/h2-5H,1,6-10H2,(H2,16,17,18). The zero-order chi connectivity index (χ0) is 12.4. The van der Waals surface area contributed by atoms with E-state index in [4.69, 9.17) is 0 Å². The minimum absolute atomic E-state index is 0.166. The van der Waals surface area contributed by atoms with Crippen molar-refractivity contribution in [3.8, 4) is 0 Å². The third-order valence-corrected chi connectivity index (χ3v) is 3.80. The summed E-state index contributed by atoms with van der Waals surface area (Å²) in [6, 6.07) is 6.90. The fourth-order valence-electron chi connectivity index (χ4n) is 2.43. The number of hydrogen-bond donors (Lipinski definition) is 2. The molecule has 1 aliphatic heterocycles. The Morgan fingerprint density at radius 3 is 2.67 bits per heavy atom. The molecule has 96 valence electrons. The molecule has 1 saturated carbocycles. The summed E-state index contributed by atoms with van der Waals surface area (Å²) >= 11 is 0. The molecule has 1 heterocycles. The maximum atomic E-state index is 12.9. The summed E-state index contributed by atoms with van der Waals surface area (Å²) in [7, 11) is 0. The van der Waals surface area contributed by atoms with Gasteiger partial charge in [0.2, 0.25) is 0 Å². The highest BCUT2D eigenvalue weighted by Gasteiger charge is 2.44. The fraction of sp³-hybridized carbons (Fsp3) is 0.500. The summed E-state index contributed by atoms with van der Waals surface area (Å²) in [5, 5.41) is 6.64. The lowest BCUT2D eigenvalue weighted by Crippen LogP contribution is -2.43. The number of guanidine groups is 1. The van der Waals surface area contributed by atoms with E-state index in [0.29, 0.717) is 0 Å². The number of hydrogen-bond acceptors (Lipinski definition) is 3. The molecule has 4 heteroatoms.